The Kier molecular flexibility index (Phi) is 4.78. The molecular weight excluding hydrogens is 280 g/mol. The number of thiophene rings is 1. The molecule has 3 nitrogen and oxygen atoms in total. The first kappa shape index (κ1) is 14.8. The molecule has 0 unspecified atom stereocenters. The van der Waals surface area contributed by atoms with Gasteiger partial charge in [-0.05, 0) is 42.0 Å². The number of furan rings is 1. The second-order valence-electron chi connectivity index (χ2n) is 6.22. The second kappa shape index (κ2) is 6.77. The lowest BCUT2D eigenvalue weighted by Gasteiger charge is -2.26. The quantitative estimate of drug-likeness (QED) is 0.883. The molecule has 4 heteroatoms. The fourth-order valence-electron chi connectivity index (χ4n) is 2.82. The molecule has 0 aliphatic carbocycles. The maximum atomic E-state index is 5.66. The number of hydrogen-bond donors (Lipinski definition) is 1. The molecule has 1 aliphatic heterocycles. The van der Waals surface area contributed by atoms with Crippen LogP contribution in [0.2, 0.25) is 0 Å². The Morgan fingerprint density at radius 1 is 1.38 bits per heavy atom. The predicted octanol–water partition coefficient (Wildman–Crippen LogP) is 3.65. The third-order valence-corrected chi connectivity index (χ3v) is 4.98. The zero-order valence-corrected chi connectivity index (χ0v) is 13.7. The van der Waals surface area contributed by atoms with E-state index in [0.717, 1.165) is 38.5 Å². The van der Waals surface area contributed by atoms with Crippen molar-refractivity contribution in [2.45, 2.75) is 39.9 Å². The van der Waals surface area contributed by atoms with Crippen molar-refractivity contribution < 1.29 is 4.42 Å². The fourth-order valence-corrected chi connectivity index (χ4v) is 3.71. The van der Waals surface area contributed by atoms with Crippen LogP contribution in [0, 0.1) is 5.92 Å². The zero-order chi connectivity index (χ0) is 14.7. The minimum atomic E-state index is 0.669. The number of nitrogens with zero attached hydrogens (tertiary/aromatic N) is 1. The summed E-state index contributed by atoms with van der Waals surface area (Å²) in [5, 5.41) is 5.68. The maximum absolute atomic E-state index is 5.66. The van der Waals surface area contributed by atoms with Crippen molar-refractivity contribution >= 4 is 11.3 Å². The van der Waals surface area contributed by atoms with Crippen LogP contribution in [0.4, 0.5) is 0 Å². The van der Waals surface area contributed by atoms with E-state index in [0.29, 0.717) is 5.92 Å². The summed E-state index contributed by atoms with van der Waals surface area (Å²) in [6.07, 6.45) is 3.01. The molecule has 0 spiro atoms. The first-order chi connectivity index (χ1) is 10.2. The first-order valence-electron chi connectivity index (χ1n) is 7.76. The summed E-state index contributed by atoms with van der Waals surface area (Å²) in [6.45, 7) is 9.52. The second-order valence-corrected chi connectivity index (χ2v) is 7.22. The zero-order valence-electron chi connectivity index (χ0n) is 12.9. The molecule has 21 heavy (non-hydrogen) atoms. The molecule has 2 aromatic rings. The van der Waals surface area contributed by atoms with E-state index in [1.807, 2.05) is 17.6 Å². The van der Waals surface area contributed by atoms with Gasteiger partial charge >= 0.3 is 0 Å². The van der Waals surface area contributed by atoms with Gasteiger partial charge in [-0.3, -0.25) is 4.90 Å². The predicted molar refractivity (Wildman–Crippen MR) is 87.4 cm³/mol. The van der Waals surface area contributed by atoms with Gasteiger partial charge in [-0.1, -0.05) is 13.8 Å². The molecular formula is C17H24N2OS. The van der Waals surface area contributed by atoms with Crippen LogP contribution in [0.5, 0.6) is 0 Å². The SMILES string of the molecule is CC(C)CNCc1occc1CN1CCc2sccc2C1. The normalized spacial score (nSPS) is 15.6. The average molecular weight is 304 g/mol. The number of hydrogen-bond acceptors (Lipinski definition) is 4. The Morgan fingerprint density at radius 2 is 2.29 bits per heavy atom. The summed E-state index contributed by atoms with van der Waals surface area (Å²) in [5.41, 5.74) is 2.83. The summed E-state index contributed by atoms with van der Waals surface area (Å²) in [4.78, 5) is 4.09. The lowest BCUT2D eigenvalue weighted by atomic mass is 10.1. The van der Waals surface area contributed by atoms with Crippen LogP contribution < -0.4 is 5.32 Å². The average Bonchev–Trinajstić information content (AvgIpc) is 3.07. The van der Waals surface area contributed by atoms with Crippen LogP contribution in [0.3, 0.4) is 0 Å². The molecule has 0 amide bonds. The van der Waals surface area contributed by atoms with Crippen molar-refractivity contribution in [1.29, 1.82) is 0 Å². The van der Waals surface area contributed by atoms with Gasteiger partial charge in [0, 0.05) is 30.1 Å². The van der Waals surface area contributed by atoms with Gasteiger partial charge in [0.15, 0.2) is 0 Å². The lowest BCUT2D eigenvalue weighted by molar-refractivity contribution is 0.245. The van der Waals surface area contributed by atoms with Gasteiger partial charge < -0.3 is 9.73 Å². The summed E-state index contributed by atoms with van der Waals surface area (Å²) >= 11 is 1.90. The smallest absolute Gasteiger partial charge is 0.122 e. The topological polar surface area (TPSA) is 28.4 Å². The summed E-state index contributed by atoms with van der Waals surface area (Å²) < 4.78 is 5.66. The van der Waals surface area contributed by atoms with E-state index < -0.39 is 0 Å². The molecule has 114 valence electrons. The molecule has 0 aromatic carbocycles. The molecule has 1 N–H and O–H groups in total. The highest BCUT2D eigenvalue weighted by Gasteiger charge is 2.18. The van der Waals surface area contributed by atoms with Crippen LogP contribution in [0.25, 0.3) is 0 Å². The van der Waals surface area contributed by atoms with E-state index in [1.54, 1.807) is 4.88 Å². The number of rotatable bonds is 6. The monoisotopic (exact) mass is 304 g/mol. The van der Waals surface area contributed by atoms with Gasteiger partial charge in [0.1, 0.15) is 5.76 Å². The summed E-state index contributed by atoms with van der Waals surface area (Å²) in [5.74, 6) is 1.76. The van der Waals surface area contributed by atoms with E-state index in [9.17, 15) is 0 Å². The Balaban J connectivity index is 1.57. The summed E-state index contributed by atoms with van der Waals surface area (Å²) in [6, 6.07) is 4.39. The highest BCUT2D eigenvalue weighted by molar-refractivity contribution is 7.10. The third-order valence-electron chi connectivity index (χ3n) is 3.96. The lowest BCUT2D eigenvalue weighted by Crippen LogP contribution is -2.29. The summed E-state index contributed by atoms with van der Waals surface area (Å²) in [7, 11) is 0. The van der Waals surface area contributed by atoms with Crippen molar-refractivity contribution in [2.75, 3.05) is 13.1 Å². The minimum Gasteiger partial charge on any atom is -0.468 e. The van der Waals surface area contributed by atoms with Gasteiger partial charge in [0.25, 0.3) is 0 Å². The highest BCUT2D eigenvalue weighted by Crippen LogP contribution is 2.25. The number of fused-ring (bicyclic) bond motifs is 1. The highest BCUT2D eigenvalue weighted by atomic mass is 32.1. The Hall–Kier alpha value is -1.10. The van der Waals surface area contributed by atoms with Gasteiger partial charge in [-0.15, -0.1) is 11.3 Å². The minimum absolute atomic E-state index is 0.669. The van der Waals surface area contributed by atoms with Gasteiger partial charge in [-0.25, -0.2) is 0 Å². The van der Waals surface area contributed by atoms with Crippen molar-refractivity contribution in [1.82, 2.24) is 10.2 Å². The molecule has 3 heterocycles. The number of nitrogens with one attached hydrogen (secondary N) is 1. The molecule has 0 fully saturated rings. The largest absolute Gasteiger partial charge is 0.468 e. The van der Waals surface area contributed by atoms with Gasteiger partial charge in [0.2, 0.25) is 0 Å². The Bertz CT molecular complexity index is 573. The van der Waals surface area contributed by atoms with E-state index in [1.165, 1.54) is 17.5 Å². The molecule has 3 rings (SSSR count). The van der Waals surface area contributed by atoms with Crippen molar-refractivity contribution in [3.8, 4) is 0 Å². The molecule has 1 aliphatic rings. The molecule has 0 bridgehead atoms. The molecule has 0 atom stereocenters. The molecule has 2 aromatic heterocycles. The fraction of sp³-hybridized carbons (Fsp3) is 0.529. The van der Waals surface area contributed by atoms with E-state index in [4.69, 9.17) is 4.42 Å². The van der Waals surface area contributed by atoms with Crippen LogP contribution in [-0.4, -0.2) is 18.0 Å². The van der Waals surface area contributed by atoms with E-state index >= 15 is 0 Å². The van der Waals surface area contributed by atoms with Gasteiger partial charge in [0.05, 0.1) is 12.8 Å². The van der Waals surface area contributed by atoms with Crippen molar-refractivity contribution in [3.63, 3.8) is 0 Å². The van der Waals surface area contributed by atoms with E-state index in [2.05, 4.69) is 41.6 Å². The molecule has 0 saturated carbocycles. The van der Waals surface area contributed by atoms with Crippen LogP contribution in [0.15, 0.2) is 28.2 Å². The van der Waals surface area contributed by atoms with Crippen LogP contribution in [-0.2, 0) is 26.1 Å². The Morgan fingerprint density at radius 3 is 3.14 bits per heavy atom. The standard InChI is InChI=1S/C17H24N2OS/c1-13(2)9-18-10-16-14(4-7-20-16)11-19-6-3-17-15(12-19)5-8-21-17/h4-5,7-8,13,18H,3,6,9-12H2,1-2H3. The van der Waals surface area contributed by atoms with Crippen LogP contribution in [0.1, 0.15) is 35.6 Å². The Labute approximate surface area is 131 Å². The third kappa shape index (κ3) is 3.76. The molecule has 0 radical (unpaired) electrons. The first-order valence-corrected chi connectivity index (χ1v) is 8.64. The van der Waals surface area contributed by atoms with Gasteiger partial charge in [-0.2, -0.15) is 0 Å². The van der Waals surface area contributed by atoms with Crippen molar-refractivity contribution in [3.05, 3.63) is 45.5 Å². The molecule has 0 saturated heterocycles. The van der Waals surface area contributed by atoms with Crippen LogP contribution >= 0.6 is 11.3 Å². The maximum Gasteiger partial charge on any atom is 0.122 e. The van der Waals surface area contributed by atoms with E-state index in [-0.39, 0.29) is 0 Å². The van der Waals surface area contributed by atoms with Crippen molar-refractivity contribution in [2.24, 2.45) is 5.92 Å².